The molecule has 7 nitrogen and oxygen atoms in total. The van der Waals surface area contributed by atoms with Crippen LogP contribution < -0.4 is 9.47 Å². The van der Waals surface area contributed by atoms with Crippen LogP contribution >= 0.6 is 0 Å². The normalized spacial score (nSPS) is 11.4. The van der Waals surface area contributed by atoms with Crippen molar-refractivity contribution in [1.82, 2.24) is 0 Å². The maximum Gasteiger partial charge on any atom is 0.392 e. The number of halogens is 3. The first kappa shape index (κ1) is 27.9. The summed E-state index contributed by atoms with van der Waals surface area (Å²) in [6.07, 6.45) is -2.52. The molecule has 0 aliphatic heterocycles. The molecule has 0 saturated heterocycles. The van der Waals surface area contributed by atoms with Gasteiger partial charge in [-0.1, -0.05) is 12.1 Å². The van der Waals surface area contributed by atoms with Gasteiger partial charge < -0.3 is 23.7 Å². The number of esters is 2. The van der Waals surface area contributed by atoms with Gasteiger partial charge in [0.05, 0.1) is 38.4 Å². The van der Waals surface area contributed by atoms with E-state index in [1.165, 1.54) is 30.3 Å². The minimum absolute atomic E-state index is 0.130. The van der Waals surface area contributed by atoms with Gasteiger partial charge in [-0.05, 0) is 55.0 Å². The molecular formula is C25H27F3O7. The highest BCUT2D eigenvalue weighted by atomic mass is 19.4. The van der Waals surface area contributed by atoms with E-state index < -0.39 is 31.1 Å². The van der Waals surface area contributed by atoms with Crippen LogP contribution in [0.15, 0.2) is 54.6 Å². The fourth-order valence-corrected chi connectivity index (χ4v) is 2.56. The van der Waals surface area contributed by atoms with Gasteiger partial charge in [0.15, 0.2) is 0 Å². The van der Waals surface area contributed by atoms with Crippen LogP contribution in [0, 0.1) is 0 Å². The lowest BCUT2D eigenvalue weighted by Crippen LogP contribution is -2.13. The second kappa shape index (κ2) is 14.8. The Morgan fingerprint density at radius 2 is 1.46 bits per heavy atom. The molecule has 0 spiro atoms. The van der Waals surface area contributed by atoms with E-state index in [1.54, 1.807) is 30.3 Å². The summed E-state index contributed by atoms with van der Waals surface area (Å²) in [4.78, 5) is 24.0. The summed E-state index contributed by atoms with van der Waals surface area (Å²) in [6, 6.07) is 12.0. The number of hydrogen-bond donors (Lipinski definition) is 0. The van der Waals surface area contributed by atoms with Crippen LogP contribution in [0.3, 0.4) is 0 Å². The zero-order valence-electron chi connectivity index (χ0n) is 19.2. The predicted octanol–water partition coefficient (Wildman–Crippen LogP) is 4.85. The zero-order valence-corrected chi connectivity index (χ0v) is 19.2. The molecule has 0 fully saturated rings. The van der Waals surface area contributed by atoms with E-state index in [4.69, 9.17) is 23.7 Å². The molecule has 0 N–H and O–H groups in total. The number of ether oxygens (including phenoxy) is 5. The molecule has 2 rings (SSSR count). The van der Waals surface area contributed by atoms with Crippen LogP contribution in [0.4, 0.5) is 13.2 Å². The average molecular weight is 496 g/mol. The van der Waals surface area contributed by atoms with Crippen molar-refractivity contribution in [2.24, 2.45) is 0 Å². The number of rotatable bonds is 14. The maximum atomic E-state index is 12.3. The largest absolute Gasteiger partial charge is 0.493 e. The molecule has 0 bridgehead atoms. The summed E-state index contributed by atoms with van der Waals surface area (Å²) in [5.74, 6) is -0.652. The molecule has 0 aromatic heterocycles. The third-order valence-corrected chi connectivity index (χ3v) is 4.29. The molecular weight excluding hydrogens is 469 g/mol. The Balaban J connectivity index is 1.74. The molecule has 0 saturated carbocycles. The fourth-order valence-electron chi connectivity index (χ4n) is 2.56. The third kappa shape index (κ3) is 12.1. The quantitative estimate of drug-likeness (QED) is 0.160. The van der Waals surface area contributed by atoms with Crippen LogP contribution in [0.25, 0.3) is 6.08 Å². The topological polar surface area (TPSA) is 80.3 Å². The first-order valence-corrected chi connectivity index (χ1v) is 10.9. The number of carbonyl (C=O) groups is 2. The number of hydrogen-bond acceptors (Lipinski definition) is 7. The van der Waals surface area contributed by atoms with Gasteiger partial charge >= 0.3 is 18.1 Å². The first-order valence-electron chi connectivity index (χ1n) is 10.9. The highest BCUT2D eigenvalue weighted by Gasteiger charge is 2.26. The lowest BCUT2D eigenvalue weighted by atomic mass is 10.2. The molecule has 0 amide bonds. The molecule has 0 radical (unpaired) electrons. The Labute approximate surface area is 201 Å². The minimum atomic E-state index is -4.29. The van der Waals surface area contributed by atoms with Crippen LogP contribution in [-0.2, 0) is 19.0 Å². The Morgan fingerprint density at radius 3 is 2.11 bits per heavy atom. The standard InChI is InChI=1S/C25H27F3O7/c1-2-31-15-16-32-17-18-34-23(29)12-5-19-3-8-22(9-4-19)35-24(30)20-6-10-21(11-7-20)33-14-13-25(26,27)28/h3-12H,2,13-18H2,1H3. The van der Waals surface area contributed by atoms with Gasteiger partial charge in [0.25, 0.3) is 0 Å². The van der Waals surface area contributed by atoms with Gasteiger partial charge in [0.1, 0.15) is 18.1 Å². The van der Waals surface area contributed by atoms with Gasteiger partial charge in [-0.25, -0.2) is 9.59 Å². The second-order valence-corrected chi connectivity index (χ2v) is 7.01. The highest BCUT2D eigenvalue weighted by molar-refractivity contribution is 5.91. The van der Waals surface area contributed by atoms with Gasteiger partial charge in [-0.15, -0.1) is 0 Å². The van der Waals surface area contributed by atoms with Crippen molar-refractivity contribution in [3.63, 3.8) is 0 Å². The number of carbonyl (C=O) groups excluding carboxylic acids is 2. The van der Waals surface area contributed by atoms with Gasteiger partial charge in [-0.3, -0.25) is 0 Å². The average Bonchev–Trinajstić information content (AvgIpc) is 2.82. The van der Waals surface area contributed by atoms with Gasteiger partial charge in [-0.2, -0.15) is 13.2 Å². The van der Waals surface area contributed by atoms with E-state index in [0.29, 0.717) is 25.4 Å². The lowest BCUT2D eigenvalue weighted by molar-refractivity contribution is -0.140. The summed E-state index contributed by atoms with van der Waals surface area (Å²) in [5.41, 5.74) is 0.900. The van der Waals surface area contributed by atoms with Gasteiger partial charge in [0, 0.05) is 12.7 Å². The molecule has 10 heteroatoms. The molecule has 35 heavy (non-hydrogen) atoms. The van der Waals surface area contributed by atoms with Gasteiger partial charge in [0.2, 0.25) is 0 Å². The fraction of sp³-hybridized carbons (Fsp3) is 0.360. The summed E-state index contributed by atoms with van der Waals surface area (Å²) in [5, 5.41) is 0. The summed E-state index contributed by atoms with van der Waals surface area (Å²) < 4.78 is 62.2. The second-order valence-electron chi connectivity index (χ2n) is 7.01. The SMILES string of the molecule is CCOCCOCCOC(=O)C=Cc1ccc(OC(=O)c2ccc(OCCC(F)(F)F)cc2)cc1. The maximum absolute atomic E-state index is 12.3. The van der Waals surface area contributed by atoms with Crippen molar-refractivity contribution in [2.45, 2.75) is 19.5 Å². The van der Waals surface area contributed by atoms with Crippen LogP contribution in [0.1, 0.15) is 29.3 Å². The van der Waals surface area contributed by atoms with E-state index in [2.05, 4.69) is 0 Å². The first-order chi connectivity index (χ1) is 16.8. The van der Waals surface area contributed by atoms with E-state index in [9.17, 15) is 22.8 Å². The molecule has 2 aromatic carbocycles. The van der Waals surface area contributed by atoms with Crippen LogP contribution in [-0.4, -0.2) is 57.8 Å². The summed E-state index contributed by atoms with van der Waals surface area (Å²) >= 11 is 0. The molecule has 0 unspecified atom stereocenters. The smallest absolute Gasteiger partial charge is 0.392 e. The summed E-state index contributed by atoms with van der Waals surface area (Å²) in [7, 11) is 0. The van der Waals surface area contributed by atoms with E-state index in [-0.39, 0.29) is 30.3 Å². The molecule has 0 atom stereocenters. The number of benzene rings is 2. The lowest BCUT2D eigenvalue weighted by Gasteiger charge is -2.09. The monoisotopic (exact) mass is 496 g/mol. The van der Waals surface area contributed by atoms with Crippen molar-refractivity contribution < 1.29 is 46.4 Å². The Hall–Kier alpha value is -3.37. The van der Waals surface area contributed by atoms with Crippen LogP contribution in [0.2, 0.25) is 0 Å². The van der Waals surface area contributed by atoms with E-state index in [0.717, 1.165) is 0 Å². The Morgan fingerprint density at radius 1 is 0.829 bits per heavy atom. The van der Waals surface area contributed by atoms with E-state index >= 15 is 0 Å². The summed E-state index contributed by atoms with van der Waals surface area (Å²) in [6.45, 7) is 3.34. The van der Waals surface area contributed by atoms with Crippen molar-refractivity contribution in [1.29, 1.82) is 0 Å². The Kier molecular flexibility index (Phi) is 11.8. The van der Waals surface area contributed by atoms with Crippen molar-refractivity contribution in [3.8, 4) is 11.5 Å². The molecule has 0 aliphatic rings. The molecule has 0 heterocycles. The zero-order chi connectivity index (χ0) is 25.5. The van der Waals surface area contributed by atoms with Crippen molar-refractivity contribution in [3.05, 3.63) is 65.7 Å². The highest BCUT2D eigenvalue weighted by Crippen LogP contribution is 2.21. The third-order valence-electron chi connectivity index (χ3n) is 4.29. The van der Waals surface area contributed by atoms with Crippen molar-refractivity contribution in [2.75, 3.05) is 39.6 Å². The van der Waals surface area contributed by atoms with Crippen LogP contribution in [0.5, 0.6) is 11.5 Å². The molecule has 190 valence electrons. The molecule has 2 aromatic rings. The predicted molar refractivity (Wildman–Crippen MR) is 121 cm³/mol. The number of alkyl halides is 3. The van der Waals surface area contributed by atoms with E-state index in [1.807, 2.05) is 6.92 Å². The minimum Gasteiger partial charge on any atom is -0.493 e. The Bertz CT molecular complexity index is 939. The molecule has 0 aliphatic carbocycles. The van der Waals surface area contributed by atoms with Crippen molar-refractivity contribution >= 4 is 18.0 Å².